The number of hydrogen-bond donors (Lipinski definition) is 2. The van der Waals surface area contributed by atoms with E-state index in [0.29, 0.717) is 25.4 Å². The van der Waals surface area contributed by atoms with Gasteiger partial charge in [0.15, 0.2) is 5.96 Å². The van der Waals surface area contributed by atoms with Gasteiger partial charge in [-0.25, -0.2) is 9.98 Å². The van der Waals surface area contributed by atoms with Gasteiger partial charge in [0, 0.05) is 37.6 Å². The fourth-order valence-electron chi connectivity index (χ4n) is 2.45. The third-order valence-corrected chi connectivity index (χ3v) is 4.36. The number of aryl methyl sites for hydroxylation is 1. The molecule has 1 amide bonds. The summed E-state index contributed by atoms with van der Waals surface area (Å²) in [6, 6.07) is 7.33. The molecule has 0 atom stereocenters. The number of nitrogens with zero attached hydrogens (tertiary/aromatic N) is 3. The van der Waals surface area contributed by atoms with Crippen molar-refractivity contribution in [3.05, 3.63) is 40.3 Å². The SMILES string of the molecule is CCNC(=NCCOc1cccc(NC(C)=O)c1)N(C)Cc1csc(C)n1.I. The number of carbonyl (C=O) groups excluding carboxylic acids is 1. The largest absolute Gasteiger partial charge is 0.492 e. The molecule has 1 aromatic heterocycles. The number of carbonyl (C=O) groups is 1. The first kappa shape index (κ1) is 24.2. The summed E-state index contributed by atoms with van der Waals surface area (Å²) >= 11 is 1.65. The number of thiazole rings is 1. The van der Waals surface area contributed by atoms with Gasteiger partial charge in [-0.3, -0.25) is 4.79 Å². The lowest BCUT2D eigenvalue weighted by atomic mass is 10.3. The first-order valence-corrected chi connectivity index (χ1v) is 9.76. The average molecular weight is 517 g/mol. The van der Waals surface area contributed by atoms with Crippen LogP contribution in [0.15, 0.2) is 34.6 Å². The van der Waals surface area contributed by atoms with Gasteiger partial charge in [0.05, 0.1) is 23.8 Å². The van der Waals surface area contributed by atoms with E-state index in [1.54, 1.807) is 17.4 Å². The van der Waals surface area contributed by atoms with Gasteiger partial charge in [-0.05, 0) is 26.0 Å². The van der Waals surface area contributed by atoms with Crippen LogP contribution in [-0.2, 0) is 11.3 Å². The average Bonchev–Trinajstić information content (AvgIpc) is 3.02. The number of ether oxygens (including phenoxy) is 1. The second-order valence-corrected chi connectivity index (χ2v) is 7.07. The molecule has 0 radical (unpaired) electrons. The molecule has 0 bridgehead atoms. The van der Waals surface area contributed by atoms with Crippen LogP contribution in [-0.4, -0.2) is 48.5 Å². The highest BCUT2D eigenvalue weighted by Crippen LogP contribution is 2.17. The van der Waals surface area contributed by atoms with Crippen molar-refractivity contribution < 1.29 is 9.53 Å². The third kappa shape index (κ3) is 8.42. The number of aromatic nitrogens is 1. The van der Waals surface area contributed by atoms with E-state index in [9.17, 15) is 4.79 Å². The Labute approximate surface area is 187 Å². The van der Waals surface area contributed by atoms with E-state index in [1.807, 2.05) is 39.1 Å². The summed E-state index contributed by atoms with van der Waals surface area (Å²) in [7, 11) is 1.99. The molecule has 28 heavy (non-hydrogen) atoms. The Morgan fingerprint density at radius 3 is 2.82 bits per heavy atom. The molecule has 0 saturated carbocycles. The number of nitrogens with one attached hydrogen (secondary N) is 2. The van der Waals surface area contributed by atoms with Gasteiger partial charge < -0.3 is 20.3 Å². The zero-order valence-electron chi connectivity index (χ0n) is 16.7. The zero-order valence-corrected chi connectivity index (χ0v) is 19.8. The summed E-state index contributed by atoms with van der Waals surface area (Å²) in [6.45, 7) is 7.99. The smallest absolute Gasteiger partial charge is 0.221 e. The molecule has 0 fully saturated rings. The van der Waals surface area contributed by atoms with Gasteiger partial charge in [-0.1, -0.05) is 6.07 Å². The predicted molar refractivity (Wildman–Crippen MR) is 126 cm³/mol. The molecule has 9 heteroatoms. The van der Waals surface area contributed by atoms with Crippen molar-refractivity contribution in [1.82, 2.24) is 15.2 Å². The van der Waals surface area contributed by atoms with Gasteiger partial charge in [0.25, 0.3) is 0 Å². The number of hydrogen-bond acceptors (Lipinski definition) is 5. The standard InChI is InChI=1S/C19H27N5O2S.HI/c1-5-20-19(24(4)12-17-13-27-15(3)23-17)21-9-10-26-18-8-6-7-16(11-18)22-14(2)25;/h6-8,11,13H,5,9-10,12H2,1-4H3,(H,20,21)(H,22,25);1H. The van der Waals surface area contributed by atoms with Gasteiger partial charge in [0.1, 0.15) is 12.4 Å². The molecular formula is C19H28IN5O2S. The quantitative estimate of drug-likeness (QED) is 0.243. The Balaban J connectivity index is 0.00000392. The first-order valence-electron chi connectivity index (χ1n) is 8.89. The van der Waals surface area contributed by atoms with Gasteiger partial charge >= 0.3 is 0 Å². The maximum atomic E-state index is 11.1. The first-order chi connectivity index (χ1) is 13.0. The molecule has 1 aromatic carbocycles. The Kier molecular flexibility index (Phi) is 10.8. The van der Waals surface area contributed by atoms with Crippen LogP contribution in [0.3, 0.4) is 0 Å². The summed E-state index contributed by atoms with van der Waals surface area (Å²) in [5, 5.41) is 9.16. The fourth-order valence-corrected chi connectivity index (χ4v) is 3.05. The molecule has 7 nitrogen and oxygen atoms in total. The summed E-state index contributed by atoms with van der Waals surface area (Å²) in [4.78, 5) is 22.3. The summed E-state index contributed by atoms with van der Waals surface area (Å²) in [5.41, 5.74) is 1.76. The molecule has 1 heterocycles. The molecule has 0 unspecified atom stereocenters. The van der Waals surface area contributed by atoms with E-state index in [1.165, 1.54) is 6.92 Å². The van der Waals surface area contributed by atoms with Crippen molar-refractivity contribution >= 4 is 52.9 Å². The zero-order chi connectivity index (χ0) is 19.6. The van der Waals surface area contributed by atoms with Gasteiger partial charge in [-0.2, -0.15) is 0 Å². The number of halogens is 1. The highest BCUT2D eigenvalue weighted by Gasteiger charge is 2.08. The summed E-state index contributed by atoms with van der Waals surface area (Å²) < 4.78 is 5.74. The Hall–Kier alpha value is -1.88. The lowest BCUT2D eigenvalue weighted by Crippen LogP contribution is -2.38. The second kappa shape index (κ2) is 12.6. The van der Waals surface area contributed by atoms with E-state index in [-0.39, 0.29) is 29.9 Å². The van der Waals surface area contributed by atoms with Gasteiger partial charge in [0.2, 0.25) is 5.91 Å². The number of benzene rings is 1. The Bertz CT molecular complexity index is 781. The molecule has 2 aromatic rings. The van der Waals surface area contributed by atoms with Crippen LogP contribution in [0, 0.1) is 6.92 Å². The predicted octanol–water partition coefficient (Wildman–Crippen LogP) is 3.50. The van der Waals surface area contributed by atoms with Crippen LogP contribution in [0.5, 0.6) is 5.75 Å². The number of anilines is 1. The highest BCUT2D eigenvalue weighted by molar-refractivity contribution is 14.0. The summed E-state index contributed by atoms with van der Waals surface area (Å²) in [5.74, 6) is 1.41. The van der Waals surface area contributed by atoms with E-state index in [4.69, 9.17) is 4.74 Å². The second-order valence-electron chi connectivity index (χ2n) is 6.01. The van der Waals surface area contributed by atoms with Crippen molar-refractivity contribution in [2.45, 2.75) is 27.3 Å². The maximum absolute atomic E-state index is 11.1. The van der Waals surface area contributed by atoms with E-state index in [2.05, 4.69) is 30.9 Å². The molecular weight excluding hydrogens is 489 g/mol. The van der Waals surface area contributed by atoms with Crippen LogP contribution in [0.25, 0.3) is 0 Å². The molecule has 2 N–H and O–H groups in total. The minimum absolute atomic E-state index is 0. The fraction of sp³-hybridized carbons (Fsp3) is 0.421. The highest BCUT2D eigenvalue weighted by atomic mass is 127. The number of amides is 1. The van der Waals surface area contributed by atoms with Crippen molar-refractivity contribution in [2.75, 3.05) is 32.1 Å². The minimum Gasteiger partial charge on any atom is -0.492 e. The van der Waals surface area contributed by atoms with Crippen molar-refractivity contribution in [3.63, 3.8) is 0 Å². The molecule has 0 saturated heterocycles. The van der Waals surface area contributed by atoms with Crippen molar-refractivity contribution in [1.29, 1.82) is 0 Å². The van der Waals surface area contributed by atoms with Crippen LogP contribution in [0.1, 0.15) is 24.5 Å². The molecule has 0 spiro atoms. The molecule has 154 valence electrons. The molecule has 0 aliphatic heterocycles. The molecule has 2 rings (SSSR count). The minimum atomic E-state index is -0.106. The van der Waals surface area contributed by atoms with Crippen LogP contribution in [0.4, 0.5) is 5.69 Å². The third-order valence-electron chi connectivity index (χ3n) is 3.54. The number of rotatable bonds is 8. The Morgan fingerprint density at radius 2 is 2.18 bits per heavy atom. The number of guanidine groups is 1. The Morgan fingerprint density at radius 1 is 1.39 bits per heavy atom. The van der Waals surface area contributed by atoms with Crippen molar-refractivity contribution in [2.24, 2.45) is 4.99 Å². The van der Waals surface area contributed by atoms with Crippen molar-refractivity contribution in [3.8, 4) is 5.75 Å². The molecule has 0 aliphatic rings. The lowest BCUT2D eigenvalue weighted by molar-refractivity contribution is -0.114. The molecule has 0 aliphatic carbocycles. The summed E-state index contributed by atoms with van der Waals surface area (Å²) in [6.07, 6.45) is 0. The van der Waals surface area contributed by atoms with Crippen LogP contribution in [0.2, 0.25) is 0 Å². The van der Waals surface area contributed by atoms with E-state index in [0.717, 1.165) is 28.9 Å². The normalized spacial score (nSPS) is 10.8. The number of aliphatic imine (C=N–C) groups is 1. The van der Waals surface area contributed by atoms with Gasteiger partial charge in [-0.15, -0.1) is 35.3 Å². The maximum Gasteiger partial charge on any atom is 0.221 e. The topological polar surface area (TPSA) is 78.9 Å². The lowest BCUT2D eigenvalue weighted by Gasteiger charge is -2.21. The van der Waals surface area contributed by atoms with E-state index >= 15 is 0 Å². The van der Waals surface area contributed by atoms with E-state index < -0.39 is 0 Å². The van der Waals surface area contributed by atoms with Crippen LogP contribution < -0.4 is 15.4 Å². The monoisotopic (exact) mass is 517 g/mol. The van der Waals surface area contributed by atoms with Crippen LogP contribution >= 0.6 is 35.3 Å².